The molecule has 2 unspecified atom stereocenters. The van der Waals surface area contributed by atoms with Gasteiger partial charge in [-0.05, 0) is 30.7 Å². The summed E-state index contributed by atoms with van der Waals surface area (Å²) in [6, 6.07) is 9.49. The van der Waals surface area contributed by atoms with Crippen molar-refractivity contribution in [2.45, 2.75) is 46.1 Å². The molecule has 108 valence electrons. The van der Waals surface area contributed by atoms with Crippen LogP contribution in [0.2, 0.25) is 0 Å². The van der Waals surface area contributed by atoms with Crippen LogP contribution in [0.1, 0.15) is 44.2 Å². The highest BCUT2D eigenvalue weighted by molar-refractivity contribution is 5.25. The molecule has 1 aromatic rings. The summed E-state index contributed by atoms with van der Waals surface area (Å²) in [7, 11) is 1.78. The first-order valence-corrected chi connectivity index (χ1v) is 7.33. The van der Waals surface area contributed by atoms with E-state index in [-0.39, 0.29) is 0 Å². The Morgan fingerprint density at radius 3 is 2.26 bits per heavy atom. The maximum absolute atomic E-state index is 5.22. The van der Waals surface area contributed by atoms with E-state index in [0.717, 1.165) is 19.6 Å². The number of methoxy groups -OCH3 is 1. The van der Waals surface area contributed by atoms with E-state index in [9.17, 15) is 0 Å². The highest BCUT2D eigenvalue weighted by Crippen LogP contribution is 2.27. The van der Waals surface area contributed by atoms with Crippen LogP contribution in [0.4, 0.5) is 0 Å². The molecule has 1 aromatic carbocycles. The Morgan fingerprint density at radius 1 is 1.11 bits per heavy atom. The molecule has 0 aromatic heterocycles. The van der Waals surface area contributed by atoms with Gasteiger partial charge in [0, 0.05) is 26.3 Å². The lowest BCUT2D eigenvalue weighted by atomic mass is 9.85. The van der Waals surface area contributed by atoms with E-state index in [0.29, 0.717) is 17.9 Å². The third kappa shape index (κ3) is 5.75. The average molecular weight is 263 g/mol. The van der Waals surface area contributed by atoms with Crippen molar-refractivity contribution in [3.05, 3.63) is 35.4 Å². The summed E-state index contributed by atoms with van der Waals surface area (Å²) in [5.74, 6) is 1.17. The van der Waals surface area contributed by atoms with Crippen molar-refractivity contribution in [3.63, 3.8) is 0 Å². The van der Waals surface area contributed by atoms with Crippen molar-refractivity contribution in [1.29, 1.82) is 0 Å². The van der Waals surface area contributed by atoms with Gasteiger partial charge < -0.3 is 10.1 Å². The summed E-state index contributed by atoms with van der Waals surface area (Å²) in [5, 5.41) is 3.58. The Morgan fingerprint density at radius 2 is 1.74 bits per heavy atom. The van der Waals surface area contributed by atoms with E-state index in [1.54, 1.807) is 7.11 Å². The molecule has 1 rings (SSSR count). The molecule has 0 fully saturated rings. The van der Waals surface area contributed by atoms with Gasteiger partial charge >= 0.3 is 0 Å². The van der Waals surface area contributed by atoms with E-state index < -0.39 is 0 Å². The zero-order valence-electron chi connectivity index (χ0n) is 13.1. The molecular formula is C17H29NO. The molecule has 1 N–H and O–H groups in total. The standard InChI is InChI=1S/C17H29NO/c1-13(2)18-12-17(15(4)10-11-19-5)16-8-6-14(3)7-9-16/h6-9,13,15,17-18H,10-12H2,1-5H3. The van der Waals surface area contributed by atoms with Crippen LogP contribution in [0.5, 0.6) is 0 Å². The van der Waals surface area contributed by atoms with Crippen molar-refractivity contribution >= 4 is 0 Å². The van der Waals surface area contributed by atoms with Crippen molar-refractivity contribution in [2.24, 2.45) is 5.92 Å². The van der Waals surface area contributed by atoms with Crippen LogP contribution in [-0.4, -0.2) is 26.3 Å². The van der Waals surface area contributed by atoms with Crippen molar-refractivity contribution in [2.75, 3.05) is 20.3 Å². The van der Waals surface area contributed by atoms with E-state index in [1.807, 2.05) is 0 Å². The average Bonchev–Trinajstić information content (AvgIpc) is 2.38. The Kier molecular flexibility index (Phi) is 7.11. The van der Waals surface area contributed by atoms with Crippen LogP contribution in [-0.2, 0) is 4.74 Å². The first-order valence-electron chi connectivity index (χ1n) is 7.33. The first kappa shape index (κ1) is 16.2. The predicted octanol–water partition coefficient (Wildman–Crippen LogP) is 3.75. The lowest BCUT2D eigenvalue weighted by Gasteiger charge is -2.26. The highest BCUT2D eigenvalue weighted by Gasteiger charge is 2.19. The number of nitrogens with one attached hydrogen (secondary N) is 1. The van der Waals surface area contributed by atoms with Crippen LogP contribution in [0.3, 0.4) is 0 Å². The van der Waals surface area contributed by atoms with Crippen molar-refractivity contribution in [3.8, 4) is 0 Å². The van der Waals surface area contributed by atoms with Gasteiger partial charge in [0.15, 0.2) is 0 Å². The molecule has 0 heterocycles. The lowest BCUT2D eigenvalue weighted by molar-refractivity contribution is 0.173. The van der Waals surface area contributed by atoms with Crippen LogP contribution in [0.25, 0.3) is 0 Å². The molecule has 0 radical (unpaired) electrons. The van der Waals surface area contributed by atoms with Gasteiger partial charge in [-0.2, -0.15) is 0 Å². The minimum atomic E-state index is 0.530. The Balaban J connectivity index is 2.75. The predicted molar refractivity (Wildman–Crippen MR) is 82.7 cm³/mol. The molecule has 0 bridgehead atoms. The summed E-state index contributed by atoms with van der Waals surface area (Å²) in [6.45, 7) is 10.7. The monoisotopic (exact) mass is 263 g/mol. The molecule has 19 heavy (non-hydrogen) atoms. The minimum absolute atomic E-state index is 0.530. The van der Waals surface area contributed by atoms with Gasteiger partial charge in [0.25, 0.3) is 0 Å². The van der Waals surface area contributed by atoms with Gasteiger partial charge in [-0.1, -0.05) is 50.6 Å². The number of hydrogen-bond donors (Lipinski definition) is 1. The maximum Gasteiger partial charge on any atom is 0.0465 e. The first-order chi connectivity index (χ1) is 9.04. The SMILES string of the molecule is COCCC(C)C(CNC(C)C)c1ccc(C)cc1. The van der Waals surface area contributed by atoms with Crippen molar-refractivity contribution < 1.29 is 4.74 Å². The molecule has 0 saturated heterocycles. The van der Waals surface area contributed by atoms with Crippen LogP contribution in [0, 0.1) is 12.8 Å². The second-order valence-corrected chi connectivity index (χ2v) is 5.84. The zero-order chi connectivity index (χ0) is 14.3. The fourth-order valence-corrected chi connectivity index (χ4v) is 2.33. The number of aryl methyl sites for hydroxylation is 1. The second kappa shape index (κ2) is 8.34. The fourth-order valence-electron chi connectivity index (χ4n) is 2.33. The quantitative estimate of drug-likeness (QED) is 0.771. The summed E-state index contributed by atoms with van der Waals surface area (Å²) in [4.78, 5) is 0. The minimum Gasteiger partial charge on any atom is -0.385 e. The Bertz CT molecular complexity index is 345. The molecule has 0 aliphatic heterocycles. The molecular weight excluding hydrogens is 234 g/mol. The molecule has 0 spiro atoms. The van der Waals surface area contributed by atoms with Gasteiger partial charge in [-0.3, -0.25) is 0 Å². The smallest absolute Gasteiger partial charge is 0.0465 e. The van der Waals surface area contributed by atoms with E-state index in [4.69, 9.17) is 4.74 Å². The number of hydrogen-bond acceptors (Lipinski definition) is 2. The summed E-state index contributed by atoms with van der Waals surface area (Å²) in [5.41, 5.74) is 2.76. The molecule has 0 aliphatic rings. The van der Waals surface area contributed by atoms with Gasteiger partial charge in [-0.15, -0.1) is 0 Å². The topological polar surface area (TPSA) is 21.3 Å². The lowest BCUT2D eigenvalue weighted by Crippen LogP contribution is -2.31. The largest absolute Gasteiger partial charge is 0.385 e. The number of benzene rings is 1. The fraction of sp³-hybridized carbons (Fsp3) is 0.647. The summed E-state index contributed by atoms with van der Waals surface area (Å²) in [6.07, 6.45) is 1.11. The third-order valence-electron chi connectivity index (χ3n) is 3.72. The van der Waals surface area contributed by atoms with Crippen LogP contribution in [0.15, 0.2) is 24.3 Å². The van der Waals surface area contributed by atoms with Crippen LogP contribution >= 0.6 is 0 Å². The molecule has 2 atom stereocenters. The zero-order valence-corrected chi connectivity index (χ0v) is 13.1. The van der Waals surface area contributed by atoms with Gasteiger partial charge in [0.1, 0.15) is 0 Å². The molecule has 2 nitrogen and oxygen atoms in total. The van der Waals surface area contributed by atoms with Gasteiger partial charge in [-0.25, -0.2) is 0 Å². The maximum atomic E-state index is 5.22. The highest BCUT2D eigenvalue weighted by atomic mass is 16.5. The van der Waals surface area contributed by atoms with Gasteiger partial charge in [0.2, 0.25) is 0 Å². The second-order valence-electron chi connectivity index (χ2n) is 5.84. The van der Waals surface area contributed by atoms with Crippen LogP contribution < -0.4 is 5.32 Å². The van der Waals surface area contributed by atoms with E-state index in [1.165, 1.54) is 11.1 Å². The molecule has 2 heteroatoms. The normalized spacial score (nSPS) is 14.6. The Labute approximate surface area is 118 Å². The summed E-state index contributed by atoms with van der Waals surface area (Å²) >= 11 is 0. The summed E-state index contributed by atoms with van der Waals surface area (Å²) < 4.78 is 5.22. The van der Waals surface area contributed by atoms with Gasteiger partial charge in [0.05, 0.1) is 0 Å². The van der Waals surface area contributed by atoms with Crippen molar-refractivity contribution in [1.82, 2.24) is 5.32 Å². The number of rotatable bonds is 8. The Hall–Kier alpha value is -0.860. The molecule has 0 aliphatic carbocycles. The molecule has 0 amide bonds. The number of ether oxygens (including phenoxy) is 1. The molecule has 0 saturated carbocycles. The third-order valence-corrected chi connectivity index (χ3v) is 3.72. The van der Waals surface area contributed by atoms with E-state index >= 15 is 0 Å². The van der Waals surface area contributed by atoms with E-state index in [2.05, 4.69) is 57.3 Å².